The standard InChI is InChI=1S/C17H14F3N3O/c1-10(11-4-2-6-13(8-11)17(18,19)20)22-16(24)14-7-3-5-12-9-21-23-15(12)14/h2-10H,1H3,(H,21,23)(H,22,24). The molecule has 0 aliphatic heterocycles. The smallest absolute Gasteiger partial charge is 0.345 e. The topological polar surface area (TPSA) is 57.8 Å². The summed E-state index contributed by atoms with van der Waals surface area (Å²) in [6.07, 6.45) is -2.82. The zero-order valence-electron chi connectivity index (χ0n) is 12.7. The lowest BCUT2D eigenvalue weighted by molar-refractivity contribution is -0.137. The van der Waals surface area contributed by atoms with Crippen LogP contribution in [0.15, 0.2) is 48.7 Å². The molecule has 2 aromatic carbocycles. The molecule has 1 unspecified atom stereocenters. The van der Waals surface area contributed by atoms with Crippen LogP contribution in [-0.2, 0) is 6.18 Å². The van der Waals surface area contributed by atoms with E-state index in [1.807, 2.05) is 6.07 Å². The van der Waals surface area contributed by atoms with Crippen LogP contribution in [0.3, 0.4) is 0 Å². The van der Waals surface area contributed by atoms with Gasteiger partial charge in [0.05, 0.1) is 28.9 Å². The van der Waals surface area contributed by atoms with E-state index in [9.17, 15) is 18.0 Å². The first-order valence-corrected chi connectivity index (χ1v) is 7.26. The third-order valence-electron chi connectivity index (χ3n) is 3.78. The number of aromatic amines is 1. The van der Waals surface area contributed by atoms with E-state index in [1.54, 1.807) is 31.3 Å². The number of amides is 1. The van der Waals surface area contributed by atoms with Crippen LogP contribution in [0.4, 0.5) is 13.2 Å². The lowest BCUT2D eigenvalue weighted by Gasteiger charge is -2.16. The number of carbonyl (C=O) groups excluding carboxylic acids is 1. The van der Waals surface area contributed by atoms with Crippen molar-refractivity contribution in [1.29, 1.82) is 0 Å². The van der Waals surface area contributed by atoms with E-state index < -0.39 is 17.8 Å². The molecule has 3 aromatic rings. The summed E-state index contributed by atoms with van der Waals surface area (Å²) in [5.41, 5.74) is 0.627. The Balaban J connectivity index is 1.83. The predicted molar refractivity (Wildman–Crippen MR) is 83.4 cm³/mol. The molecule has 3 rings (SSSR count). The van der Waals surface area contributed by atoms with Gasteiger partial charge in [0.15, 0.2) is 0 Å². The van der Waals surface area contributed by atoms with E-state index in [0.29, 0.717) is 16.6 Å². The second-order valence-corrected chi connectivity index (χ2v) is 5.46. The quantitative estimate of drug-likeness (QED) is 0.759. The predicted octanol–water partition coefficient (Wildman–Crippen LogP) is 4.07. The number of halogens is 3. The van der Waals surface area contributed by atoms with Gasteiger partial charge in [-0.25, -0.2) is 0 Å². The fourth-order valence-corrected chi connectivity index (χ4v) is 2.50. The normalized spacial score (nSPS) is 13.0. The summed E-state index contributed by atoms with van der Waals surface area (Å²) in [5.74, 6) is -0.380. The molecule has 4 nitrogen and oxygen atoms in total. The van der Waals surface area contributed by atoms with Crippen molar-refractivity contribution in [2.24, 2.45) is 0 Å². The van der Waals surface area contributed by atoms with Gasteiger partial charge in [0.1, 0.15) is 0 Å². The highest BCUT2D eigenvalue weighted by Crippen LogP contribution is 2.30. The monoisotopic (exact) mass is 333 g/mol. The molecule has 24 heavy (non-hydrogen) atoms. The van der Waals surface area contributed by atoms with Crippen molar-refractivity contribution in [3.63, 3.8) is 0 Å². The minimum Gasteiger partial charge on any atom is -0.345 e. The van der Waals surface area contributed by atoms with Crippen LogP contribution in [0, 0.1) is 0 Å². The second-order valence-electron chi connectivity index (χ2n) is 5.46. The molecule has 7 heteroatoms. The number of hydrogen-bond acceptors (Lipinski definition) is 2. The first-order chi connectivity index (χ1) is 11.4. The van der Waals surface area contributed by atoms with Crippen molar-refractivity contribution in [2.45, 2.75) is 19.1 Å². The van der Waals surface area contributed by atoms with E-state index in [4.69, 9.17) is 0 Å². The summed E-state index contributed by atoms with van der Waals surface area (Å²) in [7, 11) is 0. The van der Waals surface area contributed by atoms with Gasteiger partial charge < -0.3 is 5.32 Å². The summed E-state index contributed by atoms with van der Waals surface area (Å²) in [6.45, 7) is 1.64. The number of rotatable bonds is 3. The molecule has 0 aliphatic carbocycles. The van der Waals surface area contributed by atoms with E-state index >= 15 is 0 Å². The van der Waals surface area contributed by atoms with E-state index in [1.165, 1.54) is 6.07 Å². The van der Waals surface area contributed by atoms with Crippen LogP contribution in [-0.4, -0.2) is 16.1 Å². The van der Waals surface area contributed by atoms with Gasteiger partial charge in [0.2, 0.25) is 0 Å². The number of aromatic nitrogens is 2. The van der Waals surface area contributed by atoms with Gasteiger partial charge in [-0.3, -0.25) is 9.89 Å². The van der Waals surface area contributed by atoms with Crippen molar-refractivity contribution >= 4 is 16.8 Å². The van der Waals surface area contributed by atoms with Gasteiger partial charge in [-0.2, -0.15) is 18.3 Å². The van der Waals surface area contributed by atoms with Crippen LogP contribution in [0.5, 0.6) is 0 Å². The number of carbonyl (C=O) groups is 1. The molecule has 0 spiro atoms. The highest BCUT2D eigenvalue weighted by atomic mass is 19.4. The van der Waals surface area contributed by atoms with E-state index in [2.05, 4.69) is 15.5 Å². The van der Waals surface area contributed by atoms with Crippen LogP contribution < -0.4 is 5.32 Å². The number of nitrogens with one attached hydrogen (secondary N) is 2. The first kappa shape index (κ1) is 16.0. The Kier molecular flexibility index (Phi) is 4.01. The van der Waals surface area contributed by atoms with Crippen molar-refractivity contribution in [2.75, 3.05) is 0 Å². The zero-order chi connectivity index (χ0) is 17.3. The molecule has 0 saturated heterocycles. The molecule has 0 radical (unpaired) electrons. The van der Waals surface area contributed by atoms with Crippen molar-refractivity contribution in [1.82, 2.24) is 15.5 Å². The molecule has 2 N–H and O–H groups in total. The lowest BCUT2D eigenvalue weighted by Crippen LogP contribution is -2.27. The number of H-pyrrole nitrogens is 1. The average molecular weight is 333 g/mol. The maximum Gasteiger partial charge on any atom is 0.416 e. The molecule has 1 aromatic heterocycles. The van der Waals surface area contributed by atoms with Crippen molar-refractivity contribution in [3.8, 4) is 0 Å². The van der Waals surface area contributed by atoms with Crippen LogP contribution in [0.25, 0.3) is 10.9 Å². The number of para-hydroxylation sites is 1. The Hall–Kier alpha value is -2.83. The third kappa shape index (κ3) is 3.10. The SMILES string of the molecule is CC(NC(=O)c1cccc2cn[nH]c12)c1cccc(C(F)(F)F)c1. The van der Waals surface area contributed by atoms with Gasteiger partial charge in [0.25, 0.3) is 5.91 Å². The number of hydrogen-bond donors (Lipinski definition) is 2. The Morgan fingerprint density at radius 3 is 2.71 bits per heavy atom. The molecule has 1 amide bonds. The number of benzene rings is 2. The zero-order valence-corrected chi connectivity index (χ0v) is 12.7. The Labute approximate surface area is 135 Å². The Morgan fingerprint density at radius 1 is 1.21 bits per heavy atom. The summed E-state index contributed by atoms with van der Waals surface area (Å²) in [4.78, 5) is 12.4. The second kappa shape index (κ2) is 5.99. The minimum absolute atomic E-state index is 0.380. The fraction of sp³-hybridized carbons (Fsp3) is 0.176. The molecule has 1 atom stereocenters. The molecular weight excluding hydrogens is 319 g/mol. The molecule has 0 bridgehead atoms. The summed E-state index contributed by atoms with van der Waals surface area (Å²) in [5, 5.41) is 10.1. The van der Waals surface area contributed by atoms with Crippen molar-refractivity contribution < 1.29 is 18.0 Å². The Morgan fingerprint density at radius 2 is 1.96 bits per heavy atom. The molecule has 1 heterocycles. The third-order valence-corrected chi connectivity index (χ3v) is 3.78. The van der Waals surface area contributed by atoms with Gasteiger partial charge in [-0.05, 0) is 30.7 Å². The molecule has 0 fully saturated rings. The molecule has 124 valence electrons. The lowest BCUT2D eigenvalue weighted by atomic mass is 10.0. The fourth-order valence-electron chi connectivity index (χ4n) is 2.50. The number of alkyl halides is 3. The Bertz CT molecular complexity index is 886. The van der Waals surface area contributed by atoms with E-state index in [0.717, 1.165) is 17.5 Å². The summed E-state index contributed by atoms with van der Waals surface area (Å²) in [6, 6.07) is 9.53. The van der Waals surface area contributed by atoms with Crippen molar-refractivity contribution in [3.05, 3.63) is 65.4 Å². The molecule has 0 saturated carbocycles. The van der Waals surface area contributed by atoms with Gasteiger partial charge in [-0.15, -0.1) is 0 Å². The average Bonchev–Trinajstić information content (AvgIpc) is 3.02. The number of fused-ring (bicyclic) bond motifs is 1. The van der Waals surface area contributed by atoms with Gasteiger partial charge in [-0.1, -0.05) is 24.3 Å². The number of nitrogens with zero attached hydrogens (tertiary/aromatic N) is 1. The maximum absolute atomic E-state index is 12.8. The summed E-state index contributed by atoms with van der Waals surface area (Å²) < 4.78 is 38.4. The van der Waals surface area contributed by atoms with Crippen LogP contribution >= 0.6 is 0 Å². The highest BCUT2D eigenvalue weighted by molar-refractivity contribution is 6.05. The van der Waals surface area contributed by atoms with E-state index in [-0.39, 0.29) is 5.91 Å². The van der Waals surface area contributed by atoms with Crippen LogP contribution in [0.1, 0.15) is 34.5 Å². The summed E-state index contributed by atoms with van der Waals surface area (Å²) >= 11 is 0. The van der Waals surface area contributed by atoms with Gasteiger partial charge in [0, 0.05) is 5.39 Å². The first-order valence-electron chi connectivity index (χ1n) is 7.26. The minimum atomic E-state index is -4.42. The largest absolute Gasteiger partial charge is 0.416 e. The highest BCUT2D eigenvalue weighted by Gasteiger charge is 2.30. The van der Waals surface area contributed by atoms with Gasteiger partial charge >= 0.3 is 6.18 Å². The maximum atomic E-state index is 12.8. The van der Waals surface area contributed by atoms with Crippen LogP contribution in [0.2, 0.25) is 0 Å². The molecular formula is C17H14F3N3O. The molecule has 0 aliphatic rings.